The molecule has 0 atom stereocenters. The molecule has 0 spiro atoms. The van der Waals surface area contributed by atoms with Crippen LogP contribution in [0.2, 0.25) is 0 Å². The first-order chi connectivity index (χ1) is 15.9. The van der Waals surface area contributed by atoms with Crippen LogP contribution in [0.5, 0.6) is 0 Å². The standard InChI is InChI=1S/C28H18N4/c1-3-12-24-22(10-1)21(15-17-30-24)19-8-7-9-20(18-19)27-23-11-2-4-13-25(23)31-28(32-27)26-14-5-6-16-29-26/h1-18H. The number of nitrogens with zero attached hydrogens (tertiary/aromatic N) is 4. The molecule has 0 fully saturated rings. The van der Waals surface area contributed by atoms with E-state index in [0.717, 1.165) is 49.9 Å². The lowest BCUT2D eigenvalue weighted by atomic mass is 9.97. The van der Waals surface area contributed by atoms with Crippen molar-refractivity contribution >= 4 is 21.8 Å². The average Bonchev–Trinajstić information content (AvgIpc) is 2.88. The van der Waals surface area contributed by atoms with Gasteiger partial charge < -0.3 is 0 Å². The fourth-order valence-corrected chi connectivity index (χ4v) is 4.09. The first-order valence-electron chi connectivity index (χ1n) is 10.5. The summed E-state index contributed by atoms with van der Waals surface area (Å²) in [5.41, 5.74) is 6.87. The predicted molar refractivity (Wildman–Crippen MR) is 129 cm³/mol. The Morgan fingerprint density at radius 1 is 0.500 bits per heavy atom. The number of rotatable bonds is 3. The van der Waals surface area contributed by atoms with Gasteiger partial charge in [-0.2, -0.15) is 0 Å². The zero-order valence-corrected chi connectivity index (χ0v) is 17.2. The minimum absolute atomic E-state index is 0.624. The molecule has 0 N–H and O–H groups in total. The fourth-order valence-electron chi connectivity index (χ4n) is 4.09. The summed E-state index contributed by atoms with van der Waals surface area (Å²) in [6, 6.07) is 32.7. The van der Waals surface area contributed by atoms with Gasteiger partial charge in [0.25, 0.3) is 0 Å². The Morgan fingerprint density at radius 3 is 2.16 bits per heavy atom. The van der Waals surface area contributed by atoms with Crippen LogP contribution in [-0.2, 0) is 0 Å². The lowest BCUT2D eigenvalue weighted by Gasteiger charge is -2.11. The summed E-state index contributed by atoms with van der Waals surface area (Å²) in [5, 5.41) is 2.15. The zero-order valence-electron chi connectivity index (χ0n) is 17.2. The molecule has 3 aromatic carbocycles. The number of para-hydroxylation sites is 2. The highest BCUT2D eigenvalue weighted by atomic mass is 14.9. The predicted octanol–water partition coefficient (Wildman–Crippen LogP) is 6.57. The Morgan fingerprint density at radius 2 is 1.28 bits per heavy atom. The number of pyridine rings is 2. The molecule has 0 unspecified atom stereocenters. The van der Waals surface area contributed by atoms with E-state index < -0.39 is 0 Å². The highest BCUT2D eigenvalue weighted by Gasteiger charge is 2.13. The Balaban J connectivity index is 1.57. The van der Waals surface area contributed by atoms with Crippen LogP contribution in [0.15, 0.2) is 109 Å². The molecule has 4 heteroatoms. The van der Waals surface area contributed by atoms with Gasteiger partial charge in [-0.05, 0) is 47.5 Å². The highest BCUT2D eigenvalue weighted by Crippen LogP contribution is 2.33. The van der Waals surface area contributed by atoms with E-state index >= 15 is 0 Å². The topological polar surface area (TPSA) is 51.6 Å². The first kappa shape index (κ1) is 18.3. The fraction of sp³-hybridized carbons (Fsp3) is 0. The third kappa shape index (κ3) is 3.19. The molecular weight excluding hydrogens is 392 g/mol. The smallest absolute Gasteiger partial charge is 0.179 e. The Bertz CT molecular complexity index is 1570. The van der Waals surface area contributed by atoms with Gasteiger partial charge in [0.15, 0.2) is 5.82 Å². The van der Waals surface area contributed by atoms with Crippen molar-refractivity contribution in [1.82, 2.24) is 19.9 Å². The average molecular weight is 410 g/mol. The lowest BCUT2D eigenvalue weighted by Crippen LogP contribution is -1.96. The van der Waals surface area contributed by atoms with Gasteiger partial charge in [-0.1, -0.05) is 60.7 Å². The van der Waals surface area contributed by atoms with Crippen molar-refractivity contribution < 1.29 is 0 Å². The van der Waals surface area contributed by atoms with E-state index in [1.165, 1.54) is 0 Å². The van der Waals surface area contributed by atoms with Crippen LogP contribution in [0.25, 0.3) is 55.7 Å². The molecule has 0 aliphatic heterocycles. The van der Waals surface area contributed by atoms with E-state index in [4.69, 9.17) is 9.97 Å². The second kappa shape index (κ2) is 7.67. The summed E-state index contributed by atoms with van der Waals surface area (Å²) in [4.78, 5) is 18.7. The maximum atomic E-state index is 4.95. The lowest BCUT2D eigenvalue weighted by molar-refractivity contribution is 1.18. The van der Waals surface area contributed by atoms with E-state index in [0.29, 0.717) is 5.82 Å². The Labute approximate surface area is 185 Å². The van der Waals surface area contributed by atoms with E-state index in [1.807, 2.05) is 54.7 Å². The molecule has 150 valence electrons. The van der Waals surface area contributed by atoms with Crippen molar-refractivity contribution in [3.8, 4) is 33.9 Å². The summed E-state index contributed by atoms with van der Waals surface area (Å²) in [5.74, 6) is 0.624. The summed E-state index contributed by atoms with van der Waals surface area (Å²) < 4.78 is 0. The van der Waals surface area contributed by atoms with Crippen LogP contribution >= 0.6 is 0 Å². The normalized spacial score (nSPS) is 11.1. The molecule has 0 saturated heterocycles. The van der Waals surface area contributed by atoms with Gasteiger partial charge in [0, 0.05) is 28.7 Å². The number of fused-ring (bicyclic) bond motifs is 2. The maximum Gasteiger partial charge on any atom is 0.179 e. The van der Waals surface area contributed by atoms with Gasteiger partial charge in [0.2, 0.25) is 0 Å². The minimum Gasteiger partial charge on any atom is -0.256 e. The van der Waals surface area contributed by atoms with Gasteiger partial charge in [-0.3, -0.25) is 9.97 Å². The molecule has 0 aliphatic carbocycles. The monoisotopic (exact) mass is 410 g/mol. The maximum absolute atomic E-state index is 4.95. The SMILES string of the molecule is c1ccc(-c2nc(-c3cccc(-c4ccnc5ccccc45)c3)c3ccccc3n2)nc1. The molecule has 4 nitrogen and oxygen atoms in total. The van der Waals surface area contributed by atoms with Crippen LogP contribution in [0, 0.1) is 0 Å². The molecular formula is C28H18N4. The van der Waals surface area contributed by atoms with Gasteiger partial charge in [-0.15, -0.1) is 0 Å². The van der Waals surface area contributed by atoms with Crippen LogP contribution in [0.4, 0.5) is 0 Å². The molecule has 6 aromatic rings. The molecule has 6 rings (SSSR count). The molecule has 0 amide bonds. The Kier molecular flexibility index (Phi) is 4.40. The van der Waals surface area contributed by atoms with E-state index in [9.17, 15) is 0 Å². The molecule has 0 saturated carbocycles. The first-order valence-corrected chi connectivity index (χ1v) is 10.5. The van der Waals surface area contributed by atoms with Crippen molar-refractivity contribution in [2.75, 3.05) is 0 Å². The van der Waals surface area contributed by atoms with Crippen molar-refractivity contribution in [3.05, 3.63) is 109 Å². The summed E-state index contributed by atoms with van der Waals surface area (Å²) in [6.45, 7) is 0. The number of hydrogen-bond donors (Lipinski definition) is 0. The third-order valence-corrected chi connectivity index (χ3v) is 5.59. The summed E-state index contributed by atoms with van der Waals surface area (Å²) in [7, 11) is 0. The van der Waals surface area contributed by atoms with Crippen LogP contribution in [0.1, 0.15) is 0 Å². The number of benzene rings is 3. The zero-order chi connectivity index (χ0) is 21.3. The van der Waals surface area contributed by atoms with Crippen molar-refractivity contribution in [2.45, 2.75) is 0 Å². The molecule has 0 aliphatic rings. The molecule has 3 heterocycles. The van der Waals surface area contributed by atoms with E-state index in [1.54, 1.807) is 6.20 Å². The second-order valence-electron chi connectivity index (χ2n) is 7.58. The Hall–Kier alpha value is -4.44. The quantitative estimate of drug-likeness (QED) is 0.331. The van der Waals surface area contributed by atoms with Crippen LogP contribution in [0.3, 0.4) is 0 Å². The van der Waals surface area contributed by atoms with Gasteiger partial charge in [0.05, 0.1) is 16.7 Å². The van der Waals surface area contributed by atoms with Gasteiger partial charge >= 0.3 is 0 Å². The van der Waals surface area contributed by atoms with Crippen molar-refractivity contribution in [2.24, 2.45) is 0 Å². The van der Waals surface area contributed by atoms with Crippen molar-refractivity contribution in [1.29, 1.82) is 0 Å². The summed E-state index contributed by atoms with van der Waals surface area (Å²) in [6.07, 6.45) is 3.63. The van der Waals surface area contributed by atoms with Gasteiger partial charge in [-0.25, -0.2) is 9.97 Å². The summed E-state index contributed by atoms with van der Waals surface area (Å²) >= 11 is 0. The molecule has 0 bridgehead atoms. The van der Waals surface area contributed by atoms with E-state index in [-0.39, 0.29) is 0 Å². The number of hydrogen-bond acceptors (Lipinski definition) is 4. The third-order valence-electron chi connectivity index (χ3n) is 5.59. The van der Waals surface area contributed by atoms with Crippen LogP contribution in [-0.4, -0.2) is 19.9 Å². The van der Waals surface area contributed by atoms with Crippen LogP contribution < -0.4 is 0 Å². The van der Waals surface area contributed by atoms with E-state index in [2.05, 4.69) is 58.5 Å². The minimum atomic E-state index is 0.624. The molecule has 0 radical (unpaired) electrons. The van der Waals surface area contributed by atoms with Crippen molar-refractivity contribution in [3.63, 3.8) is 0 Å². The second-order valence-corrected chi connectivity index (χ2v) is 7.58. The van der Waals surface area contributed by atoms with Gasteiger partial charge in [0.1, 0.15) is 5.69 Å². The largest absolute Gasteiger partial charge is 0.256 e. The highest BCUT2D eigenvalue weighted by molar-refractivity contribution is 5.97. The number of aromatic nitrogens is 4. The molecule has 3 aromatic heterocycles. The molecule has 32 heavy (non-hydrogen) atoms.